The molecule has 1 fully saturated rings. The van der Waals surface area contributed by atoms with Crippen LogP contribution in [0.2, 0.25) is 0 Å². The molecule has 1 heterocycles. The first-order chi connectivity index (χ1) is 8.99. The molecule has 0 saturated heterocycles. The first-order valence-electron chi connectivity index (χ1n) is 5.74. The summed E-state index contributed by atoms with van der Waals surface area (Å²) in [6.45, 7) is 0. The largest absolute Gasteiger partial charge is 0.545 e. The number of carbonyl (C=O) groups is 1. The van der Waals surface area contributed by atoms with Crippen LogP contribution in [0.5, 0.6) is 0 Å². The Morgan fingerprint density at radius 3 is 2.47 bits per heavy atom. The summed E-state index contributed by atoms with van der Waals surface area (Å²) in [6, 6.07) is 1.67. The lowest BCUT2D eigenvalue weighted by molar-refractivity contribution is -0.255. The predicted molar refractivity (Wildman–Crippen MR) is 60.7 cm³/mol. The second-order valence-electron chi connectivity index (χ2n) is 4.58. The quantitative estimate of drug-likeness (QED) is 0.812. The van der Waals surface area contributed by atoms with Crippen molar-refractivity contribution in [3.8, 4) is 0 Å². The van der Waals surface area contributed by atoms with Crippen molar-refractivity contribution in [2.75, 3.05) is 0 Å². The van der Waals surface area contributed by atoms with Crippen molar-refractivity contribution < 1.29 is 18.7 Å². The van der Waals surface area contributed by atoms with Gasteiger partial charge in [-0.1, -0.05) is 0 Å². The Balaban J connectivity index is 2.45. The maximum absolute atomic E-state index is 13.3. The van der Waals surface area contributed by atoms with Gasteiger partial charge in [0.05, 0.1) is 17.0 Å². The average molecular weight is 264 g/mol. The van der Waals surface area contributed by atoms with Crippen molar-refractivity contribution in [1.82, 2.24) is 4.57 Å². The summed E-state index contributed by atoms with van der Waals surface area (Å²) >= 11 is 0. The number of nitrogens with zero attached hydrogens (tertiary/aromatic N) is 1. The smallest absolute Gasteiger partial charge is 0.198 e. The minimum Gasteiger partial charge on any atom is -0.545 e. The molecule has 0 bridgehead atoms. The van der Waals surface area contributed by atoms with Crippen LogP contribution < -0.4 is 10.5 Å². The van der Waals surface area contributed by atoms with Crippen LogP contribution in [0.15, 0.2) is 23.1 Å². The Hall–Kier alpha value is -2.24. The van der Waals surface area contributed by atoms with Crippen molar-refractivity contribution >= 4 is 16.9 Å². The first-order valence-corrected chi connectivity index (χ1v) is 5.74. The van der Waals surface area contributed by atoms with Gasteiger partial charge in [0.2, 0.25) is 0 Å². The van der Waals surface area contributed by atoms with E-state index in [9.17, 15) is 23.5 Å². The Bertz CT molecular complexity index is 763. The number of benzene rings is 1. The van der Waals surface area contributed by atoms with E-state index in [-0.39, 0.29) is 16.9 Å². The number of hydrogen-bond donors (Lipinski definition) is 0. The predicted octanol–water partition coefficient (Wildman–Crippen LogP) is 0.978. The third-order valence-electron chi connectivity index (χ3n) is 3.23. The number of carboxylic acid groups (broad SMARTS) is 1. The van der Waals surface area contributed by atoms with Crippen LogP contribution in [-0.4, -0.2) is 10.5 Å². The molecule has 2 aromatic rings. The van der Waals surface area contributed by atoms with Gasteiger partial charge in [0.15, 0.2) is 17.1 Å². The van der Waals surface area contributed by atoms with E-state index in [1.165, 1.54) is 4.57 Å². The lowest BCUT2D eigenvalue weighted by atomic mass is 10.1. The van der Waals surface area contributed by atoms with Crippen LogP contribution in [0.4, 0.5) is 8.78 Å². The van der Waals surface area contributed by atoms with Gasteiger partial charge in [-0.25, -0.2) is 8.78 Å². The van der Waals surface area contributed by atoms with Gasteiger partial charge in [-0.15, -0.1) is 0 Å². The molecule has 4 nitrogen and oxygen atoms in total. The fraction of sp³-hybridized carbons (Fsp3) is 0.231. The van der Waals surface area contributed by atoms with Gasteiger partial charge >= 0.3 is 0 Å². The second-order valence-corrected chi connectivity index (χ2v) is 4.58. The van der Waals surface area contributed by atoms with Crippen molar-refractivity contribution in [3.63, 3.8) is 0 Å². The summed E-state index contributed by atoms with van der Waals surface area (Å²) in [5, 5.41) is 10.8. The molecule has 0 amide bonds. The summed E-state index contributed by atoms with van der Waals surface area (Å²) in [7, 11) is 0. The third kappa shape index (κ3) is 1.80. The highest BCUT2D eigenvalue weighted by Gasteiger charge is 2.26. The van der Waals surface area contributed by atoms with E-state index >= 15 is 0 Å². The lowest BCUT2D eigenvalue weighted by Crippen LogP contribution is -2.30. The van der Waals surface area contributed by atoms with Crippen LogP contribution in [0.3, 0.4) is 0 Å². The van der Waals surface area contributed by atoms with Crippen molar-refractivity contribution in [2.24, 2.45) is 0 Å². The molecule has 0 N–H and O–H groups in total. The summed E-state index contributed by atoms with van der Waals surface area (Å²) in [5.41, 5.74) is -1.19. The Morgan fingerprint density at radius 1 is 1.26 bits per heavy atom. The highest BCUT2D eigenvalue weighted by molar-refractivity contribution is 5.91. The number of carbonyl (C=O) groups excluding carboxylic acids is 1. The van der Waals surface area contributed by atoms with Gasteiger partial charge in [0.1, 0.15) is 0 Å². The minimum atomic E-state index is -1.62. The maximum atomic E-state index is 13.3. The summed E-state index contributed by atoms with van der Waals surface area (Å²) in [6.07, 6.45) is 2.77. The molecule has 3 rings (SSSR count). The molecule has 19 heavy (non-hydrogen) atoms. The molecule has 1 aliphatic carbocycles. The first kappa shape index (κ1) is 11.8. The molecule has 0 aliphatic heterocycles. The monoisotopic (exact) mass is 264 g/mol. The Kier molecular flexibility index (Phi) is 2.41. The molecule has 1 aliphatic rings. The zero-order valence-corrected chi connectivity index (χ0v) is 9.65. The molecule has 1 aromatic carbocycles. The molecule has 0 radical (unpaired) electrons. The molecule has 0 unspecified atom stereocenters. The number of fused-ring (bicyclic) bond motifs is 1. The lowest BCUT2D eigenvalue weighted by Gasteiger charge is -2.13. The highest BCUT2D eigenvalue weighted by Crippen LogP contribution is 2.37. The summed E-state index contributed by atoms with van der Waals surface area (Å²) in [4.78, 5) is 22.8. The maximum Gasteiger partial charge on any atom is 0.198 e. The van der Waals surface area contributed by atoms with E-state index in [0.717, 1.165) is 31.2 Å². The Morgan fingerprint density at radius 2 is 1.89 bits per heavy atom. The fourth-order valence-corrected chi connectivity index (χ4v) is 2.14. The van der Waals surface area contributed by atoms with Gasteiger partial charge in [-0.3, -0.25) is 4.79 Å². The zero-order chi connectivity index (χ0) is 13.7. The van der Waals surface area contributed by atoms with Crippen LogP contribution in [0.25, 0.3) is 10.9 Å². The summed E-state index contributed by atoms with van der Waals surface area (Å²) in [5.74, 6) is -3.86. The van der Waals surface area contributed by atoms with Gasteiger partial charge in [-0.05, 0) is 18.9 Å². The molecule has 1 saturated carbocycles. The molecular formula is C13H8F2NO3-. The zero-order valence-electron chi connectivity index (χ0n) is 9.65. The van der Waals surface area contributed by atoms with Crippen LogP contribution in [0, 0.1) is 11.6 Å². The number of hydrogen-bond acceptors (Lipinski definition) is 3. The minimum absolute atomic E-state index is 0.0195. The van der Waals surface area contributed by atoms with E-state index in [0.29, 0.717) is 0 Å². The second kappa shape index (κ2) is 3.88. The molecule has 0 atom stereocenters. The van der Waals surface area contributed by atoms with Gasteiger partial charge in [0.25, 0.3) is 0 Å². The number of carboxylic acids is 1. The fourth-order valence-electron chi connectivity index (χ4n) is 2.14. The van der Waals surface area contributed by atoms with Crippen molar-refractivity contribution in [1.29, 1.82) is 0 Å². The average Bonchev–Trinajstić information content (AvgIpc) is 3.16. The van der Waals surface area contributed by atoms with Crippen molar-refractivity contribution in [2.45, 2.75) is 18.9 Å². The molecule has 6 heteroatoms. The molecule has 1 aromatic heterocycles. The Labute approximate surface area is 105 Å². The molecule has 0 spiro atoms. The van der Waals surface area contributed by atoms with E-state index in [4.69, 9.17) is 0 Å². The number of halogens is 2. The van der Waals surface area contributed by atoms with E-state index in [1.54, 1.807) is 0 Å². The normalized spacial score (nSPS) is 14.8. The summed E-state index contributed by atoms with van der Waals surface area (Å²) < 4.78 is 28.0. The van der Waals surface area contributed by atoms with Crippen LogP contribution >= 0.6 is 0 Å². The van der Waals surface area contributed by atoms with E-state index in [1.807, 2.05) is 0 Å². The third-order valence-corrected chi connectivity index (χ3v) is 3.23. The molecule has 98 valence electrons. The van der Waals surface area contributed by atoms with Crippen LogP contribution in [-0.2, 0) is 0 Å². The van der Waals surface area contributed by atoms with Crippen LogP contribution in [0.1, 0.15) is 29.2 Å². The van der Waals surface area contributed by atoms with Gasteiger partial charge in [0, 0.05) is 23.7 Å². The molecular weight excluding hydrogens is 256 g/mol. The standard InChI is InChI=1S/C13H9F2NO3/c14-9-3-7-11(4-10(9)15)16(6-1-2-6)5-8(12(7)17)13(18)19/h3-6H,1-2H2,(H,18,19)/p-1. The van der Waals surface area contributed by atoms with E-state index < -0.39 is 28.6 Å². The van der Waals surface area contributed by atoms with E-state index in [2.05, 4.69) is 0 Å². The van der Waals surface area contributed by atoms with Gasteiger partial charge in [-0.2, -0.15) is 0 Å². The number of aromatic nitrogens is 1. The van der Waals surface area contributed by atoms with Gasteiger partial charge < -0.3 is 14.5 Å². The highest BCUT2D eigenvalue weighted by atomic mass is 19.2. The number of aromatic carboxylic acids is 1. The SMILES string of the molecule is O=C([O-])c1cn(C2CC2)c2cc(F)c(F)cc2c1=O. The van der Waals surface area contributed by atoms with Crippen molar-refractivity contribution in [3.05, 3.63) is 45.8 Å². The topological polar surface area (TPSA) is 62.1 Å². The number of pyridine rings is 1. The number of rotatable bonds is 2.